The summed E-state index contributed by atoms with van der Waals surface area (Å²) in [7, 11) is 2.90. The van der Waals surface area contributed by atoms with Gasteiger partial charge in [-0.05, 0) is 24.1 Å². The average Bonchev–Trinajstić information content (AvgIpc) is 3.31. The minimum absolute atomic E-state index is 0.208. The Kier molecular flexibility index (Phi) is 5.31. The molecule has 0 bridgehead atoms. The molecule has 2 aromatic rings. The van der Waals surface area contributed by atoms with Gasteiger partial charge in [0.1, 0.15) is 11.6 Å². The molecular formula is C22H22N2O6. The van der Waals surface area contributed by atoms with Gasteiger partial charge in [0.2, 0.25) is 18.0 Å². The van der Waals surface area contributed by atoms with Crippen LogP contribution in [0.1, 0.15) is 40.6 Å². The second-order valence-electron chi connectivity index (χ2n) is 7.08. The van der Waals surface area contributed by atoms with Crippen LogP contribution in [-0.4, -0.2) is 42.9 Å². The number of amides is 2. The lowest BCUT2D eigenvalue weighted by Crippen LogP contribution is -2.46. The maximum Gasteiger partial charge on any atom is 0.344 e. The number of nitrogens with zero attached hydrogens (tertiary/aromatic N) is 1. The Hall–Kier alpha value is -3.55. The molecule has 0 aliphatic carbocycles. The van der Waals surface area contributed by atoms with E-state index in [1.807, 2.05) is 30.3 Å². The van der Waals surface area contributed by atoms with Crippen LogP contribution in [-0.2, 0) is 20.9 Å². The zero-order valence-corrected chi connectivity index (χ0v) is 16.7. The van der Waals surface area contributed by atoms with Crippen LogP contribution in [0.15, 0.2) is 42.5 Å². The van der Waals surface area contributed by atoms with E-state index in [0.29, 0.717) is 24.3 Å². The first-order chi connectivity index (χ1) is 14.5. The van der Waals surface area contributed by atoms with Gasteiger partial charge in [-0.15, -0.1) is 0 Å². The molecule has 8 nitrogen and oxygen atoms in total. The summed E-state index contributed by atoms with van der Waals surface area (Å²) in [5.74, 6) is -0.503. The smallest absolute Gasteiger partial charge is 0.344 e. The number of hydrogen-bond acceptors (Lipinski definition) is 6. The number of fused-ring (bicyclic) bond motifs is 1. The van der Waals surface area contributed by atoms with Gasteiger partial charge in [0.25, 0.3) is 0 Å². The number of benzene rings is 2. The number of esters is 1. The normalized spacial score (nSPS) is 20.0. The fourth-order valence-corrected chi connectivity index (χ4v) is 3.95. The zero-order valence-electron chi connectivity index (χ0n) is 16.7. The highest BCUT2D eigenvalue weighted by atomic mass is 16.6. The molecule has 2 aromatic carbocycles. The van der Waals surface area contributed by atoms with Gasteiger partial charge in [-0.3, -0.25) is 14.5 Å². The highest BCUT2D eigenvalue weighted by molar-refractivity contribution is 5.99. The number of nitrogens with one attached hydrogen (secondary N) is 1. The van der Waals surface area contributed by atoms with Crippen molar-refractivity contribution in [1.82, 2.24) is 10.2 Å². The molecule has 2 unspecified atom stereocenters. The van der Waals surface area contributed by atoms with Crippen molar-refractivity contribution in [3.63, 3.8) is 0 Å². The maximum atomic E-state index is 12.9. The molecule has 2 heterocycles. The zero-order chi connectivity index (χ0) is 21.3. The number of likely N-dealkylation sites (tertiary alicyclic amines) is 1. The van der Waals surface area contributed by atoms with E-state index in [1.54, 1.807) is 12.1 Å². The molecule has 0 saturated carbocycles. The molecule has 0 radical (unpaired) electrons. The predicted molar refractivity (Wildman–Crippen MR) is 106 cm³/mol. The number of ether oxygens (including phenoxy) is 3. The molecule has 0 aromatic heterocycles. The van der Waals surface area contributed by atoms with Crippen LogP contribution in [0.5, 0.6) is 11.5 Å². The average molecular weight is 410 g/mol. The molecule has 2 atom stereocenters. The standard InChI is InChI=1S/C22H22N2O6/c1-28-16-10-8-14-18(19(16)29-2)22(27)30-21(14)24-15(9-11-17(24)25)20(26)23-12-13-6-4-3-5-7-13/h3-8,10,15,21H,9,11-12H2,1-2H3,(H,23,26). The Morgan fingerprint density at radius 3 is 2.60 bits per heavy atom. The van der Waals surface area contributed by atoms with Gasteiger partial charge in [-0.25, -0.2) is 4.79 Å². The van der Waals surface area contributed by atoms with Gasteiger partial charge in [0, 0.05) is 18.5 Å². The third-order valence-corrected chi connectivity index (χ3v) is 5.39. The summed E-state index contributed by atoms with van der Waals surface area (Å²) in [5.41, 5.74) is 1.65. The maximum absolute atomic E-state index is 12.9. The van der Waals surface area contributed by atoms with Gasteiger partial charge in [0.05, 0.1) is 14.2 Å². The van der Waals surface area contributed by atoms with Gasteiger partial charge in [-0.2, -0.15) is 0 Å². The number of carbonyl (C=O) groups excluding carboxylic acids is 3. The molecule has 1 fully saturated rings. The van der Waals surface area contributed by atoms with E-state index in [-0.39, 0.29) is 29.5 Å². The first-order valence-corrected chi connectivity index (χ1v) is 9.63. The van der Waals surface area contributed by atoms with Crippen molar-refractivity contribution >= 4 is 17.8 Å². The number of carbonyl (C=O) groups is 3. The van der Waals surface area contributed by atoms with E-state index < -0.39 is 18.2 Å². The van der Waals surface area contributed by atoms with Crippen molar-refractivity contribution in [2.75, 3.05) is 14.2 Å². The fourth-order valence-electron chi connectivity index (χ4n) is 3.95. The Morgan fingerprint density at radius 2 is 1.90 bits per heavy atom. The van der Waals surface area contributed by atoms with Crippen LogP contribution < -0.4 is 14.8 Å². The lowest BCUT2D eigenvalue weighted by atomic mass is 10.1. The van der Waals surface area contributed by atoms with E-state index in [2.05, 4.69) is 5.32 Å². The van der Waals surface area contributed by atoms with Crippen LogP contribution in [0.25, 0.3) is 0 Å². The van der Waals surface area contributed by atoms with Crippen LogP contribution in [0.4, 0.5) is 0 Å². The van der Waals surface area contributed by atoms with Crippen molar-refractivity contribution in [2.24, 2.45) is 0 Å². The lowest BCUT2D eigenvalue weighted by molar-refractivity contribution is -0.145. The molecule has 4 rings (SSSR count). The molecule has 156 valence electrons. The molecule has 1 saturated heterocycles. The Labute approximate surface area is 173 Å². The highest BCUT2D eigenvalue weighted by Crippen LogP contribution is 2.45. The summed E-state index contributed by atoms with van der Waals surface area (Å²) in [6, 6.07) is 12.1. The Morgan fingerprint density at radius 1 is 1.13 bits per heavy atom. The molecule has 2 aliphatic rings. The quantitative estimate of drug-likeness (QED) is 0.734. The first-order valence-electron chi connectivity index (χ1n) is 9.63. The van der Waals surface area contributed by atoms with E-state index in [1.165, 1.54) is 19.1 Å². The SMILES string of the molecule is COc1ccc2c(c1OC)C(=O)OC2N1C(=O)CCC1C(=O)NCc1ccccc1. The molecular weight excluding hydrogens is 388 g/mol. The van der Waals surface area contributed by atoms with E-state index >= 15 is 0 Å². The van der Waals surface area contributed by atoms with Crippen molar-refractivity contribution in [2.45, 2.75) is 31.7 Å². The van der Waals surface area contributed by atoms with Crippen molar-refractivity contribution in [1.29, 1.82) is 0 Å². The van der Waals surface area contributed by atoms with Crippen LogP contribution >= 0.6 is 0 Å². The minimum Gasteiger partial charge on any atom is -0.493 e. The van der Waals surface area contributed by atoms with E-state index in [0.717, 1.165) is 5.56 Å². The fraction of sp³-hybridized carbons (Fsp3) is 0.318. The third-order valence-electron chi connectivity index (χ3n) is 5.39. The summed E-state index contributed by atoms with van der Waals surface area (Å²) in [6.45, 7) is 0.351. The van der Waals surface area contributed by atoms with E-state index in [4.69, 9.17) is 14.2 Å². The second kappa shape index (κ2) is 8.06. The second-order valence-corrected chi connectivity index (χ2v) is 7.08. The number of cyclic esters (lactones) is 1. The van der Waals surface area contributed by atoms with Crippen LogP contribution in [0, 0.1) is 0 Å². The summed E-state index contributed by atoms with van der Waals surface area (Å²) >= 11 is 0. The number of hydrogen-bond donors (Lipinski definition) is 1. The lowest BCUT2D eigenvalue weighted by Gasteiger charge is -2.29. The summed E-state index contributed by atoms with van der Waals surface area (Å²) < 4.78 is 16.1. The molecule has 1 N–H and O–H groups in total. The van der Waals surface area contributed by atoms with Crippen molar-refractivity contribution in [3.8, 4) is 11.5 Å². The molecule has 2 amide bonds. The molecule has 8 heteroatoms. The largest absolute Gasteiger partial charge is 0.493 e. The van der Waals surface area contributed by atoms with Gasteiger partial charge in [0.15, 0.2) is 11.5 Å². The summed E-state index contributed by atoms with van der Waals surface area (Å²) in [4.78, 5) is 39.4. The Balaban J connectivity index is 1.59. The van der Waals surface area contributed by atoms with Gasteiger partial charge < -0.3 is 19.5 Å². The third kappa shape index (κ3) is 3.34. The monoisotopic (exact) mass is 410 g/mol. The van der Waals surface area contributed by atoms with Crippen LogP contribution in [0.2, 0.25) is 0 Å². The molecule has 0 spiro atoms. The van der Waals surface area contributed by atoms with E-state index in [9.17, 15) is 14.4 Å². The first kappa shape index (κ1) is 19.8. The van der Waals surface area contributed by atoms with Crippen molar-refractivity contribution in [3.05, 3.63) is 59.2 Å². The minimum atomic E-state index is -0.977. The molecule has 30 heavy (non-hydrogen) atoms. The number of methoxy groups -OCH3 is 2. The Bertz CT molecular complexity index is 991. The topological polar surface area (TPSA) is 94.2 Å². The van der Waals surface area contributed by atoms with Crippen LogP contribution in [0.3, 0.4) is 0 Å². The molecule has 2 aliphatic heterocycles. The number of rotatable bonds is 6. The summed E-state index contributed by atoms with van der Waals surface area (Å²) in [6.07, 6.45) is -0.411. The highest BCUT2D eigenvalue weighted by Gasteiger charge is 2.47. The van der Waals surface area contributed by atoms with Gasteiger partial charge in [-0.1, -0.05) is 30.3 Å². The van der Waals surface area contributed by atoms with Crippen molar-refractivity contribution < 1.29 is 28.6 Å². The summed E-state index contributed by atoms with van der Waals surface area (Å²) in [5, 5.41) is 2.87. The van der Waals surface area contributed by atoms with Gasteiger partial charge >= 0.3 is 5.97 Å². The predicted octanol–water partition coefficient (Wildman–Crippen LogP) is 2.18.